The minimum Gasteiger partial charge on any atom is -0.497 e. The van der Waals surface area contributed by atoms with Gasteiger partial charge in [-0.05, 0) is 53.1 Å². The van der Waals surface area contributed by atoms with Crippen LogP contribution < -0.4 is 20.1 Å². The molecule has 176 valence electrons. The standard InChI is InChI=1S/C29H26N2O4/c1-34-24-14-8-20(9-15-24)18-28(32)30-27-19-25(35-2)16-17-26(27)31-29(33)23-12-10-22(11-13-23)21-6-4-3-5-7-21/h3-17,19H,18H2,1-2H3,(H,30,32)(H,31,33). The van der Waals surface area contributed by atoms with Crippen LogP contribution in [0.1, 0.15) is 15.9 Å². The van der Waals surface area contributed by atoms with Crippen LogP contribution in [0.25, 0.3) is 11.1 Å². The maximum absolute atomic E-state index is 12.9. The van der Waals surface area contributed by atoms with Crippen molar-refractivity contribution in [3.8, 4) is 22.6 Å². The molecule has 0 saturated carbocycles. The lowest BCUT2D eigenvalue weighted by Crippen LogP contribution is -2.18. The zero-order valence-electron chi connectivity index (χ0n) is 19.6. The summed E-state index contributed by atoms with van der Waals surface area (Å²) in [4.78, 5) is 25.7. The highest BCUT2D eigenvalue weighted by molar-refractivity contribution is 6.07. The zero-order chi connectivity index (χ0) is 24.6. The number of amides is 2. The molecule has 6 nitrogen and oxygen atoms in total. The van der Waals surface area contributed by atoms with E-state index in [1.165, 1.54) is 0 Å². The molecule has 0 aliphatic rings. The molecule has 4 rings (SSSR count). The highest BCUT2D eigenvalue weighted by Crippen LogP contribution is 2.28. The molecular formula is C29H26N2O4. The summed E-state index contributed by atoms with van der Waals surface area (Å²) >= 11 is 0. The molecule has 0 aliphatic carbocycles. The summed E-state index contributed by atoms with van der Waals surface area (Å²) < 4.78 is 10.5. The van der Waals surface area contributed by atoms with Gasteiger partial charge >= 0.3 is 0 Å². The summed E-state index contributed by atoms with van der Waals surface area (Å²) in [5, 5.41) is 5.78. The lowest BCUT2D eigenvalue weighted by Gasteiger charge is -2.14. The number of anilines is 2. The van der Waals surface area contributed by atoms with E-state index in [9.17, 15) is 9.59 Å². The van der Waals surface area contributed by atoms with E-state index >= 15 is 0 Å². The fourth-order valence-corrected chi connectivity index (χ4v) is 3.63. The van der Waals surface area contributed by atoms with Gasteiger partial charge in [-0.25, -0.2) is 0 Å². The quantitative estimate of drug-likeness (QED) is 0.344. The van der Waals surface area contributed by atoms with Crippen molar-refractivity contribution in [2.24, 2.45) is 0 Å². The number of carbonyl (C=O) groups excluding carboxylic acids is 2. The smallest absolute Gasteiger partial charge is 0.255 e. The van der Waals surface area contributed by atoms with Gasteiger partial charge in [-0.2, -0.15) is 0 Å². The average Bonchev–Trinajstić information content (AvgIpc) is 2.90. The number of benzene rings is 4. The average molecular weight is 467 g/mol. The van der Waals surface area contributed by atoms with Crippen LogP contribution in [0.5, 0.6) is 11.5 Å². The Kier molecular flexibility index (Phi) is 7.43. The molecule has 0 aliphatic heterocycles. The van der Waals surface area contributed by atoms with Crippen molar-refractivity contribution in [3.05, 3.63) is 108 Å². The van der Waals surface area contributed by atoms with E-state index in [4.69, 9.17) is 9.47 Å². The predicted octanol–water partition coefficient (Wildman–Crippen LogP) is 5.80. The third-order valence-corrected chi connectivity index (χ3v) is 5.53. The van der Waals surface area contributed by atoms with Crippen LogP contribution in [-0.2, 0) is 11.2 Å². The minimum absolute atomic E-state index is 0.176. The van der Waals surface area contributed by atoms with E-state index in [1.54, 1.807) is 44.6 Å². The van der Waals surface area contributed by atoms with Crippen LogP contribution in [0.15, 0.2) is 97.1 Å². The molecule has 6 heteroatoms. The second-order valence-electron chi connectivity index (χ2n) is 7.88. The van der Waals surface area contributed by atoms with Gasteiger partial charge in [0.05, 0.1) is 32.0 Å². The van der Waals surface area contributed by atoms with Crippen molar-refractivity contribution in [1.29, 1.82) is 0 Å². The number of hydrogen-bond acceptors (Lipinski definition) is 4. The predicted molar refractivity (Wildman–Crippen MR) is 138 cm³/mol. The lowest BCUT2D eigenvalue weighted by atomic mass is 10.0. The first-order valence-corrected chi connectivity index (χ1v) is 11.1. The highest BCUT2D eigenvalue weighted by atomic mass is 16.5. The maximum atomic E-state index is 12.9. The fraction of sp³-hybridized carbons (Fsp3) is 0.103. The fourth-order valence-electron chi connectivity index (χ4n) is 3.63. The van der Waals surface area contributed by atoms with E-state index in [0.717, 1.165) is 22.4 Å². The first kappa shape index (κ1) is 23.6. The van der Waals surface area contributed by atoms with Gasteiger partial charge in [0.25, 0.3) is 5.91 Å². The second kappa shape index (κ2) is 11.0. The van der Waals surface area contributed by atoms with Crippen molar-refractivity contribution in [1.82, 2.24) is 0 Å². The third-order valence-electron chi connectivity index (χ3n) is 5.53. The molecule has 4 aromatic rings. The van der Waals surface area contributed by atoms with Gasteiger partial charge in [-0.1, -0.05) is 54.6 Å². The summed E-state index contributed by atoms with van der Waals surface area (Å²) in [5.74, 6) is 0.797. The van der Waals surface area contributed by atoms with Crippen LogP contribution >= 0.6 is 0 Å². The first-order valence-electron chi connectivity index (χ1n) is 11.1. The van der Waals surface area contributed by atoms with Crippen LogP contribution in [0.2, 0.25) is 0 Å². The van der Waals surface area contributed by atoms with E-state index in [2.05, 4.69) is 10.6 Å². The minimum atomic E-state index is -0.277. The Balaban J connectivity index is 1.48. The summed E-state index contributed by atoms with van der Waals surface area (Å²) in [6.45, 7) is 0. The summed E-state index contributed by atoms with van der Waals surface area (Å²) in [6, 6.07) is 29.8. The molecule has 0 unspecified atom stereocenters. The van der Waals surface area contributed by atoms with Gasteiger partial charge in [0, 0.05) is 11.6 Å². The molecule has 0 spiro atoms. The second-order valence-corrected chi connectivity index (χ2v) is 7.88. The van der Waals surface area contributed by atoms with Gasteiger partial charge in [-0.15, -0.1) is 0 Å². The Morgan fingerprint density at radius 2 is 1.29 bits per heavy atom. The van der Waals surface area contributed by atoms with Gasteiger partial charge in [-0.3, -0.25) is 9.59 Å². The SMILES string of the molecule is COc1ccc(CC(=O)Nc2cc(OC)ccc2NC(=O)c2ccc(-c3ccccc3)cc2)cc1. The molecule has 0 aromatic heterocycles. The Morgan fingerprint density at radius 1 is 0.657 bits per heavy atom. The van der Waals surface area contributed by atoms with Crippen LogP contribution in [0, 0.1) is 0 Å². The third kappa shape index (κ3) is 6.06. The number of hydrogen-bond donors (Lipinski definition) is 2. The lowest BCUT2D eigenvalue weighted by molar-refractivity contribution is -0.115. The van der Waals surface area contributed by atoms with Gasteiger partial charge < -0.3 is 20.1 Å². The number of nitrogens with one attached hydrogen (secondary N) is 2. The summed E-state index contributed by atoms with van der Waals surface area (Å²) in [7, 11) is 3.14. The molecule has 0 saturated heterocycles. The van der Waals surface area contributed by atoms with Gasteiger partial charge in [0.1, 0.15) is 11.5 Å². The Bertz CT molecular complexity index is 1300. The van der Waals surface area contributed by atoms with Crippen molar-refractivity contribution in [2.75, 3.05) is 24.9 Å². The molecule has 0 atom stereocenters. The maximum Gasteiger partial charge on any atom is 0.255 e. The molecule has 0 heterocycles. The molecule has 2 amide bonds. The molecular weight excluding hydrogens is 440 g/mol. The molecule has 0 fully saturated rings. The summed E-state index contributed by atoms with van der Waals surface area (Å²) in [5.41, 5.74) is 4.39. The number of carbonyl (C=O) groups is 2. The van der Waals surface area contributed by atoms with E-state index in [-0.39, 0.29) is 18.2 Å². The number of methoxy groups -OCH3 is 2. The number of ether oxygens (including phenoxy) is 2. The number of rotatable bonds is 8. The highest BCUT2D eigenvalue weighted by Gasteiger charge is 2.13. The van der Waals surface area contributed by atoms with E-state index < -0.39 is 0 Å². The van der Waals surface area contributed by atoms with Crippen LogP contribution in [0.4, 0.5) is 11.4 Å². The Morgan fingerprint density at radius 3 is 1.94 bits per heavy atom. The molecule has 0 radical (unpaired) electrons. The first-order chi connectivity index (χ1) is 17.1. The Hall–Kier alpha value is -4.58. The molecule has 2 N–H and O–H groups in total. The summed E-state index contributed by atoms with van der Waals surface area (Å²) in [6.07, 6.45) is 0.176. The molecule has 35 heavy (non-hydrogen) atoms. The van der Waals surface area contributed by atoms with Crippen molar-refractivity contribution in [3.63, 3.8) is 0 Å². The van der Waals surface area contributed by atoms with E-state index in [1.807, 2.05) is 66.7 Å². The zero-order valence-corrected chi connectivity index (χ0v) is 19.6. The van der Waals surface area contributed by atoms with Gasteiger partial charge in [0.2, 0.25) is 5.91 Å². The van der Waals surface area contributed by atoms with Crippen LogP contribution in [0.3, 0.4) is 0 Å². The van der Waals surface area contributed by atoms with Crippen molar-refractivity contribution in [2.45, 2.75) is 6.42 Å². The molecule has 4 aromatic carbocycles. The topological polar surface area (TPSA) is 76.7 Å². The van der Waals surface area contributed by atoms with Crippen molar-refractivity contribution >= 4 is 23.2 Å². The van der Waals surface area contributed by atoms with Gasteiger partial charge in [0.15, 0.2) is 0 Å². The van der Waals surface area contributed by atoms with E-state index in [0.29, 0.717) is 22.7 Å². The molecule has 0 bridgehead atoms. The van der Waals surface area contributed by atoms with Crippen molar-refractivity contribution < 1.29 is 19.1 Å². The monoisotopic (exact) mass is 466 g/mol. The normalized spacial score (nSPS) is 10.3. The van der Waals surface area contributed by atoms with Crippen LogP contribution in [-0.4, -0.2) is 26.0 Å². The Labute approximate surface area is 204 Å². The largest absolute Gasteiger partial charge is 0.497 e.